The highest BCUT2D eigenvalue weighted by molar-refractivity contribution is 5.99. The Morgan fingerprint density at radius 1 is 1.41 bits per heavy atom. The monoisotopic (exact) mass is 300 g/mol. The second kappa shape index (κ2) is 6.29. The van der Waals surface area contributed by atoms with E-state index in [-0.39, 0.29) is 24.6 Å². The number of hydrogen-bond donors (Lipinski definition) is 2. The molecule has 2 aromatic rings. The van der Waals surface area contributed by atoms with Gasteiger partial charge in [0, 0.05) is 19.8 Å². The van der Waals surface area contributed by atoms with Crippen molar-refractivity contribution >= 4 is 11.6 Å². The maximum absolute atomic E-state index is 12.5. The molecule has 116 valence electrons. The van der Waals surface area contributed by atoms with E-state index in [1.54, 1.807) is 15.8 Å². The van der Waals surface area contributed by atoms with Gasteiger partial charge >= 0.3 is 0 Å². The first-order valence-electron chi connectivity index (χ1n) is 7.41. The number of carbonyl (C=O) groups excluding carboxylic acids is 1. The normalized spacial score (nSPS) is 19.6. The predicted molar refractivity (Wildman–Crippen MR) is 83.4 cm³/mol. The quantitative estimate of drug-likeness (QED) is 0.859. The van der Waals surface area contributed by atoms with E-state index < -0.39 is 0 Å². The number of nitrogens with zero attached hydrogens (tertiary/aromatic N) is 3. The average Bonchev–Trinajstić information content (AvgIpc) is 3.12. The molecule has 0 saturated carbocycles. The Labute approximate surface area is 129 Å². The second-order valence-electron chi connectivity index (χ2n) is 5.52. The standard InChI is InChI=1S/C16H20N4O2/c1-19-10-13(9-17-19)20-8-7-14(16(20)22)18-15(11-21)12-5-3-2-4-6-12/h2-6,9-10,14-15,18,21H,7-8,11H2,1H3/t14-,15-/m1/s1. The highest BCUT2D eigenvalue weighted by Gasteiger charge is 2.34. The first-order chi connectivity index (χ1) is 10.7. The van der Waals surface area contributed by atoms with Crippen molar-refractivity contribution in [3.8, 4) is 0 Å². The number of aromatic nitrogens is 2. The number of anilines is 1. The molecule has 0 spiro atoms. The van der Waals surface area contributed by atoms with E-state index in [1.807, 2.05) is 43.6 Å². The van der Waals surface area contributed by atoms with Gasteiger partial charge in [-0.25, -0.2) is 0 Å². The number of aliphatic hydroxyl groups excluding tert-OH is 1. The third-order valence-corrected chi connectivity index (χ3v) is 4.00. The molecule has 2 N–H and O–H groups in total. The highest BCUT2D eigenvalue weighted by atomic mass is 16.3. The molecule has 0 radical (unpaired) electrons. The van der Waals surface area contributed by atoms with E-state index in [1.165, 1.54) is 0 Å². The molecule has 2 atom stereocenters. The number of amides is 1. The minimum absolute atomic E-state index is 0.0300. The van der Waals surface area contributed by atoms with Gasteiger partial charge in [-0.3, -0.25) is 14.8 Å². The average molecular weight is 300 g/mol. The van der Waals surface area contributed by atoms with Crippen molar-refractivity contribution in [1.82, 2.24) is 15.1 Å². The zero-order valence-electron chi connectivity index (χ0n) is 12.5. The van der Waals surface area contributed by atoms with E-state index in [0.717, 1.165) is 17.7 Å². The Balaban J connectivity index is 1.70. The van der Waals surface area contributed by atoms with Crippen molar-refractivity contribution in [2.75, 3.05) is 18.1 Å². The molecule has 1 fully saturated rings. The maximum atomic E-state index is 12.5. The number of hydrogen-bond acceptors (Lipinski definition) is 4. The lowest BCUT2D eigenvalue weighted by Crippen LogP contribution is -2.41. The van der Waals surface area contributed by atoms with Gasteiger partial charge in [0.15, 0.2) is 0 Å². The topological polar surface area (TPSA) is 70.4 Å². The smallest absolute Gasteiger partial charge is 0.244 e. The summed E-state index contributed by atoms with van der Waals surface area (Å²) < 4.78 is 1.68. The van der Waals surface area contributed by atoms with Gasteiger partial charge in [-0.05, 0) is 12.0 Å². The first kappa shape index (κ1) is 14.7. The van der Waals surface area contributed by atoms with Crippen molar-refractivity contribution in [3.63, 3.8) is 0 Å². The third-order valence-electron chi connectivity index (χ3n) is 4.00. The van der Waals surface area contributed by atoms with Gasteiger partial charge in [-0.2, -0.15) is 5.10 Å². The van der Waals surface area contributed by atoms with Crippen molar-refractivity contribution < 1.29 is 9.90 Å². The van der Waals surface area contributed by atoms with E-state index >= 15 is 0 Å². The summed E-state index contributed by atoms with van der Waals surface area (Å²) >= 11 is 0. The molecule has 1 aromatic heterocycles. The van der Waals surface area contributed by atoms with Gasteiger partial charge in [0.25, 0.3) is 0 Å². The first-order valence-corrected chi connectivity index (χ1v) is 7.41. The third kappa shape index (κ3) is 2.88. The Hall–Kier alpha value is -2.18. The van der Waals surface area contributed by atoms with Crippen LogP contribution in [0.2, 0.25) is 0 Å². The van der Waals surface area contributed by atoms with Crippen LogP contribution >= 0.6 is 0 Å². The Morgan fingerprint density at radius 2 is 2.18 bits per heavy atom. The second-order valence-corrected chi connectivity index (χ2v) is 5.52. The van der Waals surface area contributed by atoms with Crippen LogP contribution < -0.4 is 10.2 Å². The van der Waals surface area contributed by atoms with Crippen molar-refractivity contribution in [3.05, 3.63) is 48.3 Å². The fourth-order valence-electron chi connectivity index (χ4n) is 2.82. The largest absolute Gasteiger partial charge is 0.394 e. The Kier molecular flexibility index (Phi) is 4.22. The fourth-order valence-corrected chi connectivity index (χ4v) is 2.82. The summed E-state index contributed by atoms with van der Waals surface area (Å²) in [6.07, 6.45) is 4.25. The van der Waals surface area contributed by atoms with E-state index in [0.29, 0.717) is 6.54 Å². The summed E-state index contributed by atoms with van der Waals surface area (Å²) in [5, 5.41) is 17.0. The lowest BCUT2D eigenvalue weighted by molar-refractivity contribution is -0.119. The van der Waals surface area contributed by atoms with Crippen molar-refractivity contribution in [2.24, 2.45) is 7.05 Å². The summed E-state index contributed by atoms with van der Waals surface area (Å²) in [7, 11) is 1.83. The number of aryl methyl sites for hydroxylation is 1. The summed E-state index contributed by atoms with van der Waals surface area (Å²) in [6.45, 7) is 0.621. The van der Waals surface area contributed by atoms with Crippen molar-refractivity contribution in [1.29, 1.82) is 0 Å². The summed E-state index contributed by atoms with van der Waals surface area (Å²) in [5.74, 6) is 0.0300. The SMILES string of the molecule is Cn1cc(N2CC[C@@H](N[C@H](CO)c3ccccc3)C2=O)cn1. The molecule has 1 saturated heterocycles. The molecule has 1 aromatic carbocycles. The molecular weight excluding hydrogens is 280 g/mol. The number of nitrogens with one attached hydrogen (secondary N) is 1. The summed E-state index contributed by atoms with van der Waals surface area (Å²) in [4.78, 5) is 14.3. The predicted octanol–water partition coefficient (Wildman–Crippen LogP) is 0.849. The van der Waals surface area contributed by atoms with Crippen LogP contribution in [-0.4, -0.2) is 40.0 Å². The van der Waals surface area contributed by atoms with Crippen LogP contribution in [0.3, 0.4) is 0 Å². The summed E-state index contributed by atoms with van der Waals surface area (Å²) in [6, 6.07) is 9.18. The van der Waals surface area contributed by atoms with E-state index in [2.05, 4.69) is 10.4 Å². The van der Waals surface area contributed by atoms with E-state index in [4.69, 9.17) is 0 Å². The Bertz CT molecular complexity index is 641. The van der Waals surface area contributed by atoms with Gasteiger partial charge in [-0.1, -0.05) is 30.3 Å². The Morgan fingerprint density at radius 3 is 2.82 bits per heavy atom. The molecule has 2 heterocycles. The van der Waals surface area contributed by atoms with E-state index in [9.17, 15) is 9.90 Å². The fraction of sp³-hybridized carbons (Fsp3) is 0.375. The van der Waals surface area contributed by atoms with Crippen LogP contribution in [0.15, 0.2) is 42.7 Å². The molecular formula is C16H20N4O2. The zero-order valence-corrected chi connectivity index (χ0v) is 12.5. The minimum Gasteiger partial charge on any atom is -0.394 e. The van der Waals surface area contributed by atoms with Crippen LogP contribution in [0.5, 0.6) is 0 Å². The molecule has 6 heteroatoms. The van der Waals surface area contributed by atoms with Crippen LogP contribution in [0, 0.1) is 0 Å². The lowest BCUT2D eigenvalue weighted by Gasteiger charge is -2.21. The molecule has 0 unspecified atom stereocenters. The van der Waals surface area contributed by atoms with Crippen LogP contribution in [0.4, 0.5) is 5.69 Å². The molecule has 3 rings (SSSR count). The molecule has 1 aliphatic heterocycles. The van der Waals surface area contributed by atoms with Gasteiger partial charge < -0.3 is 10.0 Å². The van der Waals surface area contributed by atoms with Gasteiger partial charge in [-0.15, -0.1) is 0 Å². The number of rotatable bonds is 5. The van der Waals surface area contributed by atoms with Crippen molar-refractivity contribution in [2.45, 2.75) is 18.5 Å². The lowest BCUT2D eigenvalue weighted by atomic mass is 10.1. The highest BCUT2D eigenvalue weighted by Crippen LogP contribution is 2.23. The summed E-state index contributed by atoms with van der Waals surface area (Å²) in [5.41, 5.74) is 1.80. The molecule has 1 aliphatic rings. The minimum atomic E-state index is -0.280. The zero-order chi connectivity index (χ0) is 15.5. The van der Waals surface area contributed by atoms with Gasteiger partial charge in [0.2, 0.25) is 5.91 Å². The molecule has 1 amide bonds. The van der Waals surface area contributed by atoms with Gasteiger partial charge in [0.05, 0.1) is 30.6 Å². The number of benzene rings is 1. The maximum Gasteiger partial charge on any atom is 0.244 e. The number of carbonyl (C=O) groups is 1. The molecule has 0 bridgehead atoms. The van der Waals surface area contributed by atoms with Gasteiger partial charge in [0.1, 0.15) is 0 Å². The molecule has 22 heavy (non-hydrogen) atoms. The van der Waals surface area contributed by atoms with Crippen LogP contribution in [-0.2, 0) is 11.8 Å². The molecule has 6 nitrogen and oxygen atoms in total. The van der Waals surface area contributed by atoms with Crippen LogP contribution in [0.25, 0.3) is 0 Å². The molecule has 0 aliphatic carbocycles. The number of aliphatic hydroxyl groups is 1. The van der Waals surface area contributed by atoms with Crippen LogP contribution in [0.1, 0.15) is 18.0 Å².